The molecule has 1 aliphatic heterocycles. The lowest BCUT2D eigenvalue weighted by molar-refractivity contribution is -0.124. The molecule has 0 spiro atoms. The number of anilines is 2. The summed E-state index contributed by atoms with van der Waals surface area (Å²) >= 11 is 1.49. The van der Waals surface area contributed by atoms with Gasteiger partial charge in [0.1, 0.15) is 5.82 Å². The average Bonchev–Trinajstić information content (AvgIpc) is 3.33. The van der Waals surface area contributed by atoms with Crippen molar-refractivity contribution in [3.63, 3.8) is 0 Å². The number of rotatable bonds is 9. The lowest BCUT2D eigenvalue weighted by Crippen LogP contribution is -2.48. The van der Waals surface area contributed by atoms with E-state index < -0.39 is 0 Å². The molecule has 3 heterocycles. The van der Waals surface area contributed by atoms with Crippen molar-refractivity contribution in [1.82, 2.24) is 25.1 Å². The fourth-order valence-corrected chi connectivity index (χ4v) is 4.72. The topological polar surface area (TPSA) is 111 Å². The highest BCUT2D eigenvalue weighted by Crippen LogP contribution is 2.31. The van der Waals surface area contributed by atoms with Gasteiger partial charge in [-0.15, -0.1) is 11.3 Å². The summed E-state index contributed by atoms with van der Waals surface area (Å²) in [5.41, 5.74) is 1.17. The van der Waals surface area contributed by atoms with Gasteiger partial charge in [-0.05, 0) is 17.5 Å². The Hall–Kier alpha value is -2.66. The van der Waals surface area contributed by atoms with Crippen molar-refractivity contribution in [2.75, 3.05) is 57.7 Å². The van der Waals surface area contributed by atoms with E-state index in [1.165, 1.54) is 11.3 Å². The first-order valence-electron chi connectivity index (χ1n) is 11.3. The molecular formula is C23H30N6O3S. The molecule has 0 atom stereocenters. The van der Waals surface area contributed by atoms with Gasteiger partial charge in [0.15, 0.2) is 16.7 Å². The first-order chi connectivity index (χ1) is 16.1. The first kappa shape index (κ1) is 23.5. The molecule has 0 radical (unpaired) electrons. The van der Waals surface area contributed by atoms with E-state index >= 15 is 0 Å². The largest absolute Gasteiger partial charge is 0.395 e. The molecule has 1 saturated carbocycles. The molecule has 0 aromatic carbocycles. The van der Waals surface area contributed by atoms with Gasteiger partial charge in [0.05, 0.1) is 12.2 Å². The van der Waals surface area contributed by atoms with Crippen LogP contribution in [0, 0.1) is 0 Å². The molecule has 0 bridgehead atoms. The number of allylic oxidation sites excluding steroid dienone is 1. The summed E-state index contributed by atoms with van der Waals surface area (Å²) in [6, 6.07) is 3.77. The molecule has 4 rings (SSSR count). The van der Waals surface area contributed by atoms with E-state index in [0.717, 1.165) is 50.0 Å². The summed E-state index contributed by atoms with van der Waals surface area (Å²) < 4.78 is 0. The second-order valence-electron chi connectivity index (χ2n) is 8.31. The van der Waals surface area contributed by atoms with Crippen LogP contribution in [0.4, 0.5) is 10.9 Å². The molecule has 2 aliphatic rings. The number of Topliss-reactive ketones (excluding diaryl/α,β-unsaturated/α-hetero) is 2. The van der Waals surface area contributed by atoms with Gasteiger partial charge in [-0.2, -0.15) is 0 Å². The summed E-state index contributed by atoms with van der Waals surface area (Å²) in [7, 11) is 0. The van der Waals surface area contributed by atoms with E-state index in [1.807, 2.05) is 17.5 Å². The predicted molar refractivity (Wildman–Crippen MR) is 128 cm³/mol. The minimum Gasteiger partial charge on any atom is -0.395 e. The molecule has 33 heavy (non-hydrogen) atoms. The molecule has 1 saturated heterocycles. The molecule has 1 aliphatic carbocycles. The Balaban J connectivity index is 1.23. The van der Waals surface area contributed by atoms with Crippen molar-refractivity contribution in [2.45, 2.75) is 18.8 Å². The number of aliphatic hydroxyl groups is 1. The summed E-state index contributed by atoms with van der Waals surface area (Å²) in [5.74, 6) is 0.304. The van der Waals surface area contributed by atoms with Crippen molar-refractivity contribution in [2.24, 2.45) is 0 Å². The van der Waals surface area contributed by atoms with E-state index in [9.17, 15) is 9.59 Å². The van der Waals surface area contributed by atoms with Gasteiger partial charge in [-0.1, -0.05) is 6.07 Å². The van der Waals surface area contributed by atoms with Crippen LogP contribution in [-0.4, -0.2) is 88.9 Å². The molecule has 0 unspecified atom stereocenters. The SMILES string of the molecule is O=C1CC(c2ccc(Nc3nccs3)nc2)CC(=O)C1=CNCCN1CCN(CCO)CC1. The van der Waals surface area contributed by atoms with Crippen LogP contribution in [0.1, 0.15) is 24.3 Å². The third-order valence-electron chi connectivity index (χ3n) is 6.09. The molecule has 10 heteroatoms. The Kier molecular flexibility index (Phi) is 8.16. The number of carbonyl (C=O) groups is 2. The minimum absolute atomic E-state index is 0.119. The summed E-state index contributed by atoms with van der Waals surface area (Å²) in [5, 5.41) is 18.0. The molecule has 2 fully saturated rings. The lowest BCUT2D eigenvalue weighted by Gasteiger charge is -2.34. The third-order valence-corrected chi connectivity index (χ3v) is 6.78. The zero-order valence-corrected chi connectivity index (χ0v) is 19.4. The number of hydrogen-bond donors (Lipinski definition) is 3. The zero-order valence-electron chi connectivity index (χ0n) is 18.6. The van der Waals surface area contributed by atoms with Gasteiger partial charge in [0.2, 0.25) is 0 Å². The predicted octanol–water partition coefficient (Wildman–Crippen LogP) is 1.38. The van der Waals surface area contributed by atoms with Crippen molar-refractivity contribution in [1.29, 1.82) is 0 Å². The molecule has 9 nitrogen and oxygen atoms in total. The molecule has 2 aromatic heterocycles. The van der Waals surface area contributed by atoms with Gasteiger partial charge in [-0.3, -0.25) is 19.4 Å². The average molecular weight is 471 g/mol. The highest BCUT2D eigenvalue weighted by Gasteiger charge is 2.31. The van der Waals surface area contributed by atoms with E-state index in [0.29, 0.717) is 25.2 Å². The fourth-order valence-electron chi connectivity index (χ4n) is 4.18. The molecule has 2 aromatic rings. The molecular weight excluding hydrogens is 440 g/mol. The Labute approximate surface area is 197 Å². The van der Waals surface area contributed by atoms with E-state index in [1.54, 1.807) is 18.6 Å². The Bertz CT molecular complexity index is 935. The Morgan fingerprint density at radius 2 is 1.79 bits per heavy atom. The third kappa shape index (κ3) is 6.44. The fraction of sp³-hybridized carbons (Fsp3) is 0.478. The number of thiazole rings is 1. The lowest BCUT2D eigenvalue weighted by atomic mass is 9.81. The number of pyridine rings is 1. The summed E-state index contributed by atoms with van der Waals surface area (Å²) in [6.45, 7) is 6.30. The maximum absolute atomic E-state index is 12.7. The van der Waals surface area contributed by atoms with Gasteiger partial charge in [0, 0.05) is 82.6 Å². The number of piperazine rings is 1. The van der Waals surface area contributed by atoms with Gasteiger partial charge in [-0.25, -0.2) is 9.97 Å². The van der Waals surface area contributed by atoms with E-state index in [2.05, 4.69) is 30.4 Å². The Morgan fingerprint density at radius 3 is 2.39 bits per heavy atom. The summed E-state index contributed by atoms with van der Waals surface area (Å²) in [6.07, 6.45) is 5.68. The first-order valence-corrected chi connectivity index (χ1v) is 12.2. The van der Waals surface area contributed by atoms with E-state index in [4.69, 9.17) is 5.11 Å². The number of ketones is 2. The van der Waals surface area contributed by atoms with Gasteiger partial charge in [0.25, 0.3) is 0 Å². The molecule has 0 amide bonds. The van der Waals surface area contributed by atoms with Crippen LogP contribution in [-0.2, 0) is 9.59 Å². The molecule has 3 N–H and O–H groups in total. The maximum atomic E-state index is 12.7. The van der Waals surface area contributed by atoms with Crippen LogP contribution in [0.25, 0.3) is 0 Å². The molecule has 176 valence electrons. The highest BCUT2D eigenvalue weighted by molar-refractivity contribution is 7.13. The monoisotopic (exact) mass is 470 g/mol. The number of aliphatic hydroxyl groups excluding tert-OH is 1. The van der Waals surface area contributed by atoms with Crippen LogP contribution in [0.15, 0.2) is 41.7 Å². The smallest absolute Gasteiger partial charge is 0.188 e. The standard InChI is InChI=1S/C23H30N6O3S/c30-11-10-29-8-6-28(7-9-29)5-3-24-16-19-20(31)13-18(14-21(19)32)17-1-2-22(26-15-17)27-23-25-4-12-33-23/h1-2,4,12,15-16,18,24,30H,3,5-11,13-14H2,(H,25,26,27). The number of carbonyl (C=O) groups excluding carboxylic acids is 2. The summed E-state index contributed by atoms with van der Waals surface area (Å²) in [4.78, 5) is 38.5. The van der Waals surface area contributed by atoms with Crippen molar-refractivity contribution in [3.8, 4) is 0 Å². The van der Waals surface area contributed by atoms with Crippen molar-refractivity contribution < 1.29 is 14.7 Å². The van der Waals surface area contributed by atoms with Crippen LogP contribution in [0.5, 0.6) is 0 Å². The van der Waals surface area contributed by atoms with Crippen LogP contribution < -0.4 is 10.6 Å². The Morgan fingerprint density at radius 1 is 1.06 bits per heavy atom. The zero-order chi connectivity index (χ0) is 23.0. The van der Waals surface area contributed by atoms with Crippen LogP contribution in [0.3, 0.4) is 0 Å². The van der Waals surface area contributed by atoms with Gasteiger partial charge >= 0.3 is 0 Å². The van der Waals surface area contributed by atoms with Gasteiger partial charge < -0.3 is 15.7 Å². The van der Waals surface area contributed by atoms with Crippen molar-refractivity contribution >= 4 is 33.9 Å². The van der Waals surface area contributed by atoms with Crippen molar-refractivity contribution in [3.05, 3.63) is 47.2 Å². The number of aromatic nitrogens is 2. The number of nitrogens with one attached hydrogen (secondary N) is 2. The normalized spacial score (nSPS) is 20.2. The minimum atomic E-state index is -0.140. The van der Waals surface area contributed by atoms with E-state index in [-0.39, 0.29) is 29.7 Å². The highest BCUT2D eigenvalue weighted by atomic mass is 32.1. The van der Waals surface area contributed by atoms with Crippen LogP contribution in [0.2, 0.25) is 0 Å². The number of β-amino-alcohol motifs (C(OH)–C–C–N with tert-alkyl or cyclic N) is 1. The second-order valence-corrected chi connectivity index (χ2v) is 9.20. The quantitative estimate of drug-likeness (QED) is 0.284. The maximum Gasteiger partial charge on any atom is 0.188 e. The number of hydrogen-bond acceptors (Lipinski definition) is 10. The second kappa shape index (κ2) is 11.5. The number of nitrogens with zero attached hydrogens (tertiary/aromatic N) is 4. The van der Waals surface area contributed by atoms with Crippen LogP contribution >= 0.6 is 11.3 Å².